The maximum absolute atomic E-state index is 15.0. The quantitative estimate of drug-likeness (QED) is 0.318. The van der Waals surface area contributed by atoms with Crippen molar-refractivity contribution in [2.24, 2.45) is 0 Å². The summed E-state index contributed by atoms with van der Waals surface area (Å²) in [6.45, 7) is 2.83. The van der Waals surface area contributed by atoms with Gasteiger partial charge in [-0.05, 0) is 68.7 Å². The van der Waals surface area contributed by atoms with Gasteiger partial charge in [-0.2, -0.15) is 0 Å². The lowest BCUT2D eigenvalue weighted by molar-refractivity contribution is -0.139. The predicted molar refractivity (Wildman–Crippen MR) is 157 cm³/mol. The van der Waals surface area contributed by atoms with Crippen molar-refractivity contribution in [1.82, 2.24) is 10.2 Å². The highest BCUT2D eigenvalue weighted by atomic mass is 79.9. The molecule has 4 rings (SSSR count). The van der Waals surface area contributed by atoms with Gasteiger partial charge in [-0.15, -0.1) is 0 Å². The van der Waals surface area contributed by atoms with E-state index in [9.17, 15) is 18.0 Å². The van der Waals surface area contributed by atoms with Crippen molar-refractivity contribution in [1.29, 1.82) is 0 Å². The van der Waals surface area contributed by atoms with Gasteiger partial charge in [0.05, 0.1) is 10.6 Å². The van der Waals surface area contributed by atoms with Gasteiger partial charge in [0.1, 0.15) is 18.4 Å². The molecule has 212 valence electrons. The Morgan fingerprint density at radius 1 is 1.02 bits per heavy atom. The smallest absolute Gasteiger partial charge is 0.264 e. The highest BCUT2D eigenvalue weighted by molar-refractivity contribution is 9.10. The highest BCUT2D eigenvalue weighted by Gasteiger charge is 2.34. The maximum atomic E-state index is 15.0. The van der Waals surface area contributed by atoms with Crippen LogP contribution in [0.25, 0.3) is 0 Å². The van der Waals surface area contributed by atoms with Crippen molar-refractivity contribution in [3.63, 3.8) is 0 Å². The number of para-hydroxylation sites is 1. The molecule has 1 aliphatic carbocycles. The molecule has 1 saturated carbocycles. The number of rotatable bonds is 10. The minimum Gasteiger partial charge on any atom is -0.352 e. The summed E-state index contributed by atoms with van der Waals surface area (Å²) in [5.74, 6) is -1.72. The summed E-state index contributed by atoms with van der Waals surface area (Å²) in [6, 6.07) is 18.1. The van der Waals surface area contributed by atoms with Crippen LogP contribution in [0.1, 0.15) is 43.7 Å². The molecule has 40 heavy (non-hydrogen) atoms. The van der Waals surface area contributed by atoms with Gasteiger partial charge in [0, 0.05) is 17.1 Å². The van der Waals surface area contributed by atoms with E-state index in [0.29, 0.717) is 0 Å². The summed E-state index contributed by atoms with van der Waals surface area (Å²) >= 11 is 3.44. The molecule has 3 aromatic carbocycles. The fourth-order valence-electron chi connectivity index (χ4n) is 4.81. The number of aryl methyl sites for hydroxylation is 1. The number of amides is 2. The van der Waals surface area contributed by atoms with E-state index in [0.717, 1.165) is 51.7 Å². The van der Waals surface area contributed by atoms with Gasteiger partial charge in [-0.3, -0.25) is 13.9 Å². The fourth-order valence-corrected chi connectivity index (χ4v) is 6.68. The average Bonchev–Trinajstić information content (AvgIpc) is 3.43. The second-order valence-electron chi connectivity index (χ2n) is 10.1. The van der Waals surface area contributed by atoms with Crippen molar-refractivity contribution in [3.8, 4) is 0 Å². The first-order chi connectivity index (χ1) is 19.1. The predicted octanol–water partition coefficient (Wildman–Crippen LogP) is 5.57. The molecule has 1 atom stereocenters. The van der Waals surface area contributed by atoms with Gasteiger partial charge in [-0.1, -0.05) is 70.7 Å². The van der Waals surface area contributed by atoms with Crippen LogP contribution in [0.2, 0.25) is 0 Å². The van der Waals surface area contributed by atoms with E-state index in [-0.39, 0.29) is 29.1 Å². The fraction of sp³-hybridized carbons (Fsp3) is 0.333. The zero-order chi connectivity index (χ0) is 28.9. The van der Waals surface area contributed by atoms with Crippen LogP contribution in [0.15, 0.2) is 82.2 Å². The topological polar surface area (TPSA) is 86.8 Å². The van der Waals surface area contributed by atoms with Gasteiger partial charge >= 0.3 is 0 Å². The van der Waals surface area contributed by atoms with E-state index >= 15 is 4.39 Å². The molecular weight excluding hydrogens is 597 g/mol. The van der Waals surface area contributed by atoms with Crippen molar-refractivity contribution in [3.05, 3.63) is 94.2 Å². The number of hydrogen-bond donors (Lipinski definition) is 1. The van der Waals surface area contributed by atoms with Gasteiger partial charge in [0.2, 0.25) is 11.8 Å². The Hall–Kier alpha value is -3.24. The summed E-state index contributed by atoms with van der Waals surface area (Å²) in [5, 5.41) is 3.03. The Morgan fingerprint density at radius 2 is 1.70 bits per heavy atom. The molecule has 1 N–H and O–H groups in total. The number of carbonyl (C=O) groups is 2. The monoisotopic (exact) mass is 629 g/mol. The first kappa shape index (κ1) is 29.7. The summed E-state index contributed by atoms with van der Waals surface area (Å²) < 4.78 is 44.2. The maximum Gasteiger partial charge on any atom is 0.264 e. The second kappa shape index (κ2) is 13.0. The lowest BCUT2D eigenvalue weighted by Crippen LogP contribution is -2.52. The van der Waals surface area contributed by atoms with E-state index in [1.165, 1.54) is 35.2 Å². The molecule has 0 aliphatic heterocycles. The van der Waals surface area contributed by atoms with Crippen LogP contribution in [0.4, 0.5) is 10.1 Å². The van der Waals surface area contributed by atoms with Crippen LogP contribution in [-0.4, -0.2) is 43.8 Å². The Bertz CT molecular complexity index is 1460. The van der Waals surface area contributed by atoms with Gasteiger partial charge in [-0.25, -0.2) is 12.8 Å². The number of nitrogens with zero attached hydrogens (tertiary/aromatic N) is 2. The average molecular weight is 631 g/mol. The number of benzene rings is 3. The molecule has 10 heteroatoms. The summed E-state index contributed by atoms with van der Waals surface area (Å²) in [4.78, 5) is 28.5. The van der Waals surface area contributed by atoms with Crippen LogP contribution < -0.4 is 9.62 Å². The molecule has 1 fully saturated rings. The Morgan fingerprint density at radius 3 is 2.35 bits per heavy atom. The van der Waals surface area contributed by atoms with Crippen LogP contribution in [0, 0.1) is 12.7 Å². The third kappa shape index (κ3) is 7.09. The molecule has 0 aromatic heterocycles. The number of hydrogen-bond acceptors (Lipinski definition) is 4. The normalized spacial score (nSPS) is 14.5. The molecule has 3 aromatic rings. The van der Waals surface area contributed by atoms with Gasteiger partial charge in [0.25, 0.3) is 10.0 Å². The zero-order valence-corrected chi connectivity index (χ0v) is 24.9. The van der Waals surface area contributed by atoms with E-state index in [1.54, 1.807) is 19.1 Å². The summed E-state index contributed by atoms with van der Waals surface area (Å²) in [6.07, 6.45) is 3.84. The van der Waals surface area contributed by atoms with Gasteiger partial charge < -0.3 is 10.2 Å². The molecule has 7 nitrogen and oxygen atoms in total. The number of anilines is 1. The molecule has 0 spiro atoms. The number of nitrogens with one attached hydrogen (secondary N) is 1. The lowest BCUT2D eigenvalue weighted by atomic mass is 10.1. The Balaban J connectivity index is 1.69. The summed E-state index contributed by atoms with van der Waals surface area (Å²) in [7, 11) is -4.33. The zero-order valence-electron chi connectivity index (χ0n) is 22.5. The lowest BCUT2D eigenvalue weighted by Gasteiger charge is -2.32. The van der Waals surface area contributed by atoms with E-state index in [4.69, 9.17) is 0 Å². The van der Waals surface area contributed by atoms with Crippen molar-refractivity contribution in [2.45, 2.75) is 63.1 Å². The van der Waals surface area contributed by atoms with E-state index < -0.39 is 34.3 Å². The molecule has 0 radical (unpaired) electrons. The van der Waals surface area contributed by atoms with Crippen molar-refractivity contribution < 1.29 is 22.4 Å². The van der Waals surface area contributed by atoms with E-state index in [1.807, 2.05) is 31.2 Å². The molecule has 0 heterocycles. The molecular formula is C30H33BrFN3O4S. The molecule has 0 bridgehead atoms. The third-order valence-electron chi connectivity index (χ3n) is 7.12. The van der Waals surface area contributed by atoms with Crippen molar-refractivity contribution in [2.75, 3.05) is 10.8 Å². The number of sulfonamides is 1. The van der Waals surface area contributed by atoms with Gasteiger partial charge in [0.15, 0.2) is 0 Å². The summed E-state index contributed by atoms with van der Waals surface area (Å²) in [5.41, 5.74) is 1.36. The van der Waals surface area contributed by atoms with Crippen LogP contribution >= 0.6 is 15.9 Å². The third-order valence-corrected chi connectivity index (χ3v) is 9.39. The Labute approximate surface area is 243 Å². The number of carbonyl (C=O) groups excluding carboxylic acids is 2. The first-order valence-electron chi connectivity index (χ1n) is 13.2. The van der Waals surface area contributed by atoms with Crippen LogP contribution in [0.5, 0.6) is 0 Å². The largest absolute Gasteiger partial charge is 0.352 e. The molecule has 0 saturated heterocycles. The second-order valence-corrected chi connectivity index (χ2v) is 12.9. The van der Waals surface area contributed by atoms with Crippen LogP contribution in [0.3, 0.4) is 0 Å². The minimum atomic E-state index is -4.33. The van der Waals surface area contributed by atoms with Crippen molar-refractivity contribution >= 4 is 43.5 Å². The highest BCUT2D eigenvalue weighted by Crippen LogP contribution is 2.27. The SMILES string of the molecule is Cc1ccc(S(=O)(=O)N(CC(=O)N(Cc2cccc(Br)c2)[C@H](C)C(=O)NC2CCCC2)c2ccccc2F)cc1. The number of halogens is 2. The minimum absolute atomic E-state index is 0.0506. The Kier molecular flexibility index (Phi) is 9.63. The van der Waals surface area contributed by atoms with E-state index in [2.05, 4.69) is 21.2 Å². The standard InChI is InChI=1S/C30H33BrFN3O4S/c1-21-14-16-26(17-15-21)40(38,39)35(28-13-6-5-12-27(28)32)20-29(36)34(19-23-8-7-9-24(31)18-23)22(2)30(37)33-25-10-3-4-11-25/h5-9,12-18,22,25H,3-4,10-11,19-20H2,1-2H3,(H,33,37)/t22-/m1/s1. The molecule has 1 aliphatic rings. The first-order valence-corrected chi connectivity index (χ1v) is 15.5. The van der Waals surface area contributed by atoms with Crippen LogP contribution in [-0.2, 0) is 26.2 Å². The molecule has 0 unspecified atom stereocenters. The molecule has 2 amide bonds.